The Kier molecular flexibility index (Phi) is 3.97. The maximum absolute atomic E-state index is 6.15. The SMILES string of the molecule is CC(B1Oc2ccccc2O1)C(B1Oc2ccccc2O1)c1ccccc1. The van der Waals surface area contributed by atoms with Crippen LogP contribution in [0, 0.1) is 0 Å². The molecule has 2 heterocycles. The number of fused-ring (bicyclic) bond motifs is 2. The Morgan fingerprint density at radius 2 is 0.963 bits per heavy atom. The van der Waals surface area contributed by atoms with Gasteiger partial charge in [-0.1, -0.05) is 61.5 Å². The Hall–Kier alpha value is -3.01. The van der Waals surface area contributed by atoms with E-state index in [0.29, 0.717) is 0 Å². The molecule has 0 radical (unpaired) electrons. The second-order valence-electron chi connectivity index (χ2n) is 6.90. The molecule has 0 aliphatic carbocycles. The van der Waals surface area contributed by atoms with Crippen LogP contribution in [0.4, 0.5) is 0 Å². The third-order valence-corrected chi connectivity index (χ3v) is 5.14. The first kappa shape index (κ1) is 16.2. The number of benzene rings is 3. The molecule has 0 N–H and O–H groups in total. The van der Waals surface area contributed by atoms with Crippen molar-refractivity contribution in [3.63, 3.8) is 0 Å². The van der Waals surface area contributed by atoms with Gasteiger partial charge in [-0.15, -0.1) is 0 Å². The Bertz CT molecular complexity index is 900. The molecular weight excluding hydrogens is 338 g/mol. The summed E-state index contributed by atoms with van der Waals surface area (Å²) in [5.74, 6) is 3.03. The van der Waals surface area contributed by atoms with Crippen LogP contribution in [-0.4, -0.2) is 14.2 Å². The predicted molar refractivity (Wildman–Crippen MR) is 106 cm³/mol. The standard InChI is InChI=1S/C21H18B2O4/c1-15(22-24-17-11-5-6-12-18(17)25-22)21(16-9-3-2-4-10-16)23-26-19-13-7-8-14-20(19)27-23/h2-15,21H,1H3. The molecule has 6 heteroatoms. The van der Waals surface area contributed by atoms with Crippen LogP contribution in [-0.2, 0) is 0 Å². The lowest BCUT2D eigenvalue weighted by Gasteiger charge is -2.25. The lowest BCUT2D eigenvalue weighted by Crippen LogP contribution is -2.42. The molecule has 2 unspecified atom stereocenters. The summed E-state index contributed by atoms with van der Waals surface area (Å²) in [5, 5.41) is 0. The molecule has 3 aromatic carbocycles. The lowest BCUT2D eigenvalue weighted by molar-refractivity contribution is 0.434. The van der Waals surface area contributed by atoms with Crippen LogP contribution in [0.1, 0.15) is 18.3 Å². The average molecular weight is 356 g/mol. The minimum Gasteiger partial charge on any atom is -0.523 e. The van der Waals surface area contributed by atoms with E-state index < -0.39 is 14.2 Å². The van der Waals surface area contributed by atoms with Crippen molar-refractivity contribution in [2.75, 3.05) is 0 Å². The lowest BCUT2D eigenvalue weighted by atomic mass is 9.52. The van der Waals surface area contributed by atoms with E-state index in [1.807, 2.05) is 66.7 Å². The van der Waals surface area contributed by atoms with Crippen molar-refractivity contribution in [3.05, 3.63) is 84.4 Å². The van der Waals surface area contributed by atoms with Gasteiger partial charge < -0.3 is 18.6 Å². The Labute approximate surface area is 159 Å². The molecule has 5 rings (SSSR count). The van der Waals surface area contributed by atoms with Crippen molar-refractivity contribution in [3.8, 4) is 23.0 Å². The molecule has 0 fully saturated rings. The minimum atomic E-state index is -0.435. The molecule has 2 atom stereocenters. The smallest absolute Gasteiger partial charge is 0.523 e. The van der Waals surface area contributed by atoms with Crippen LogP contribution in [0.3, 0.4) is 0 Å². The summed E-state index contributed by atoms with van der Waals surface area (Å²) < 4.78 is 24.4. The fraction of sp³-hybridized carbons (Fsp3) is 0.143. The summed E-state index contributed by atoms with van der Waals surface area (Å²) >= 11 is 0. The summed E-state index contributed by atoms with van der Waals surface area (Å²) in [4.78, 5) is 0. The van der Waals surface area contributed by atoms with E-state index in [2.05, 4.69) is 19.1 Å². The second kappa shape index (κ2) is 6.62. The summed E-state index contributed by atoms with van der Waals surface area (Å²) in [6, 6.07) is 25.8. The predicted octanol–water partition coefficient (Wildman–Crippen LogP) is 4.62. The third-order valence-electron chi connectivity index (χ3n) is 5.14. The molecule has 0 aromatic heterocycles. The van der Waals surface area contributed by atoms with Crippen LogP contribution in [0.15, 0.2) is 78.9 Å². The molecule has 4 nitrogen and oxygen atoms in total. The van der Waals surface area contributed by atoms with Gasteiger partial charge >= 0.3 is 14.2 Å². The zero-order valence-corrected chi connectivity index (χ0v) is 14.9. The van der Waals surface area contributed by atoms with Crippen LogP contribution < -0.4 is 18.6 Å². The normalized spacial score (nSPS) is 16.3. The van der Waals surface area contributed by atoms with Gasteiger partial charge in [-0.2, -0.15) is 0 Å². The largest absolute Gasteiger partial charge is 0.602 e. The first-order chi connectivity index (χ1) is 13.3. The zero-order chi connectivity index (χ0) is 18.2. The highest BCUT2D eigenvalue weighted by molar-refractivity contribution is 6.56. The molecule has 0 saturated carbocycles. The highest BCUT2D eigenvalue weighted by Gasteiger charge is 2.51. The number of hydrogen-bond donors (Lipinski definition) is 0. The van der Waals surface area contributed by atoms with E-state index >= 15 is 0 Å². The van der Waals surface area contributed by atoms with E-state index in [1.54, 1.807) is 0 Å². The topological polar surface area (TPSA) is 36.9 Å². The summed E-state index contributed by atoms with van der Waals surface area (Å²) in [5.41, 5.74) is 1.13. The van der Waals surface area contributed by atoms with Crippen LogP contribution in [0.25, 0.3) is 0 Å². The van der Waals surface area contributed by atoms with Crippen LogP contribution in [0.5, 0.6) is 23.0 Å². The molecular formula is C21H18B2O4. The van der Waals surface area contributed by atoms with Gasteiger partial charge in [0.25, 0.3) is 0 Å². The van der Waals surface area contributed by atoms with Gasteiger partial charge in [0.15, 0.2) is 0 Å². The van der Waals surface area contributed by atoms with Crippen molar-refractivity contribution < 1.29 is 18.6 Å². The molecule has 2 aliphatic heterocycles. The summed E-state index contributed by atoms with van der Waals surface area (Å²) in [6.45, 7) is 2.12. The molecule has 3 aromatic rings. The zero-order valence-electron chi connectivity index (χ0n) is 14.9. The Morgan fingerprint density at radius 1 is 0.556 bits per heavy atom. The van der Waals surface area contributed by atoms with Gasteiger partial charge in [0.1, 0.15) is 23.0 Å². The van der Waals surface area contributed by atoms with Crippen LogP contribution >= 0.6 is 0 Å². The van der Waals surface area contributed by atoms with Crippen LogP contribution in [0.2, 0.25) is 5.82 Å². The monoisotopic (exact) mass is 356 g/mol. The minimum absolute atomic E-state index is 0.000822. The van der Waals surface area contributed by atoms with Crippen molar-refractivity contribution in [2.45, 2.75) is 18.6 Å². The molecule has 0 saturated heterocycles. The quantitative estimate of drug-likeness (QED) is 0.640. The molecule has 0 bridgehead atoms. The van der Waals surface area contributed by atoms with Crippen molar-refractivity contribution in [1.82, 2.24) is 0 Å². The van der Waals surface area contributed by atoms with Crippen molar-refractivity contribution in [1.29, 1.82) is 0 Å². The Morgan fingerprint density at radius 3 is 1.44 bits per heavy atom. The first-order valence-electron chi connectivity index (χ1n) is 9.19. The second-order valence-corrected chi connectivity index (χ2v) is 6.90. The summed E-state index contributed by atoms with van der Waals surface area (Å²) in [7, 11) is -0.834. The van der Waals surface area contributed by atoms with E-state index in [0.717, 1.165) is 28.6 Å². The molecule has 0 spiro atoms. The summed E-state index contributed by atoms with van der Waals surface area (Å²) in [6.07, 6.45) is 0. The maximum Gasteiger partial charge on any atom is 0.602 e. The fourth-order valence-corrected chi connectivity index (χ4v) is 3.75. The number of hydrogen-bond acceptors (Lipinski definition) is 4. The van der Waals surface area contributed by atoms with Gasteiger partial charge in [0, 0.05) is 5.82 Å². The highest BCUT2D eigenvalue weighted by atomic mass is 16.6. The number of rotatable bonds is 4. The molecule has 0 amide bonds. The number of para-hydroxylation sites is 4. The van der Waals surface area contributed by atoms with E-state index in [1.165, 1.54) is 0 Å². The fourth-order valence-electron chi connectivity index (χ4n) is 3.75. The molecule has 132 valence electrons. The average Bonchev–Trinajstić information content (AvgIpc) is 3.33. The maximum atomic E-state index is 6.15. The first-order valence-corrected chi connectivity index (χ1v) is 9.19. The van der Waals surface area contributed by atoms with Gasteiger partial charge in [-0.05, 0) is 29.8 Å². The molecule has 27 heavy (non-hydrogen) atoms. The van der Waals surface area contributed by atoms with Crippen molar-refractivity contribution >= 4 is 14.2 Å². The Balaban J connectivity index is 1.45. The van der Waals surface area contributed by atoms with Gasteiger partial charge in [-0.3, -0.25) is 0 Å². The van der Waals surface area contributed by atoms with Gasteiger partial charge in [0.05, 0.1) is 5.82 Å². The van der Waals surface area contributed by atoms with Gasteiger partial charge in [-0.25, -0.2) is 0 Å². The third kappa shape index (κ3) is 2.91. The highest BCUT2D eigenvalue weighted by Crippen LogP contribution is 2.44. The van der Waals surface area contributed by atoms with E-state index in [4.69, 9.17) is 18.6 Å². The molecule has 2 aliphatic rings. The van der Waals surface area contributed by atoms with Gasteiger partial charge in [0.2, 0.25) is 0 Å². The van der Waals surface area contributed by atoms with E-state index in [9.17, 15) is 0 Å². The van der Waals surface area contributed by atoms with E-state index in [-0.39, 0.29) is 11.6 Å². The van der Waals surface area contributed by atoms with Crippen molar-refractivity contribution in [2.24, 2.45) is 0 Å².